The van der Waals surface area contributed by atoms with Crippen LogP contribution >= 0.6 is 23.1 Å². The lowest BCUT2D eigenvalue weighted by Gasteiger charge is -2.49. The normalized spacial score (nSPS) is 20.3. The van der Waals surface area contributed by atoms with Crippen molar-refractivity contribution in [3.05, 3.63) is 34.5 Å². The van der Waals surface area contributed by atoms with Crippen molar-refractivity contribution in [1.82, 2.24) is 20.5 Å². The molecule has 1 saturated heterocycles. The average Bonchev–Trinajstić information content (AvgIpc) is 3.20. The van der Waals surface area contributed by atoms with Crippen LogP contribution in [0.5, 0.6) is 0 Å². The summed E-state index contributed by atoms with van der Waals surface area (Å²) in [4.78, 5) is 53.6. The van der Waals surface area contributed by atoms with Crippen LogP contribution in [0.2, 0.25) is 0 Å². The highest BCUT2D eigenvalue weighted by Crippen LogP contribution is 2.40. The molecule has 2 aliphatic heterocycles. The van der Waals surface area contributed by atoms with E-state index < -0.39 is 41.0 Å². The second-order valence-corrected chi connectivity index (χ2v) is 9.35. The van der Waals surface area contributed by atoms with Crippen LogP contribution in [0.3, 0.4) is 0 Å². The van der Waals surface area contributed by atoms with Crippen LogP contribution in [0.15, 0.2) is 34.0 Å². The number of amides is 3. The van der Waals surface area contributed by atoms with E-state index >= 15 is 0 Å². The Hall–Kier alpha value is -3.59. The molecule has 6 N–H and O–H groups in total. The summed E-state index contributed by atoms with van der Waals surface area (Å²) >= 11 is 2.30. The summed E-state index contributed by atoms with van der Waals surface area (Å²) in [6.45, 7) is 3.48. The maximum atomic E-state index is 12.7. The monoisotopic (exact) mass is 510 g/mol. The van der Waals surface area contributed by atoms with Gasteiger partial charge in [-0.1, -0.05) is 11.2 Å². The Morgan fingerprint density at radius 1 is 1.44 bits per heavy atom. The number of hydrogen-bond donors (Lipinski definition) is 5. The average molecular weight is 511 g/mol. The largest absolute Gasteiger partial charge is 0.477 e. The number of rotatable bonds is 8. The standard InChI is InChI=1S/C19H22N6O7S2/c1-8(2)21-19(30)32-5-3-4-9-6-33-16-12(15(27)25(16)13(9)17(28)29)23-14(26)11(24-31)10-7-34-18(20)22-10/h3-4,7-8,12,16,31H,5-6H2,1-2H3,(H2,20,22)(H,21,30)(H,23,26)(H,28,29)/b4-3-,24-11-/t12-,16-/m1/s1. The molecule has 3 heterocycles. The minimum atomic E-state index is -1.31. The summed E-state index contributed by atoms with van der Waals surface area (Å²) in [5.41, 5.74) is 5.30. The van der Waals surface area contributed by atoms with E-state index in [0.29, 0.717) is 5.57 Å². The second kappa shape index (κ2) is 10.6. The number of β-lactam (4-membered cyclic amide) rings is 1. The number of thioether (sulfide) groups is 1. The minimum absolute atomic E-state index is 0.0465. The zero-order valence-electron chi connectivity index (χ0n) is 18.0. The molecule has 182 valence electrons. The van der Waals surface area contributed by atoms with Crippen molar-refractivity contribution in [2.45, 2.75) is 31.3 Å². The van der Waals surface area contributed by atoms with Crippen molar-refractivity contribution in [3.63, 3.8) is 0 Å². The Morgan fingerprint density at radius 3 is 2.76 bits per heavy atom. The molecule has 3 amide bonds. The number of anilines is 1. The number of hydrogen-bond acceptors (Lipinski definition) is 11. The number of aliphatic carboxylic acids is 1. The number of carboxylic acid groups (broad SMARTS) is 1. The lowest BCUT2D eigenvalue weighted by molar-refractivity contribution is -0.150. The predicted octanol–water partition coefficient (Wildman–Crippen LogP) is 0.333. The van der Waals surface area contributed by atoms with E-state index in [9.17, 15) is 29.5 Å². The molecule has 1 aromatic heterocycles. The third-order valence-corrected chi connectivity index (χ3v) is 6.58. The molecule has 0 spiro atoms. The number of fused-ring (bicyclic) bond motifs is 1. The quantitative estimate of drug-likeness (QED) is 0.141. The maximum Gasteiger partial charge on any atom is 0.407 e. The van der Waals surface area contributed by atoms with Gasteiger partial charge in [-0.25, -0.2) is 14.6 Å². The first kappa shape index (κ1) is 25.0. The molecular formula is C19H22N6O7S2. The van der Waals surface area contributed by atoms with Crippen LogP contribution in [0.4, 0.5) is 9.93 Å². The summed E-state index contributed by atoms with van der Waals surface area (Å²) in [7, 11) is 0. The van der Waals surface area contributed by atoms with E-state index in [1.165, 1.54) is 29.3 Å². The molecule has 1 fully saturated rings. The van der Waals surface area contributed by atoms with Crippen molar-refractivity contribution in [3.8, 4) is 0 Å². The van der Waals surface area contributed by atoms with Crippen LogP contribution in [0.1, 0.15) is 19.5 Å². The highest BCUT2D eigenvalue weighted by molar-refractivity contribution is 8.00. The number of carbonyl (C=O) groups excluding carboxylic acids is 3. The van der Waals surface area contributed by atoms with Gasteiger partial charge in [-0.2, -0.15) is 0 Å². The van der Waals surface area contributed by atoms with E-state index in [2.05, 4.69) is 20.8 Å². The lowest BCUT2D eigenvalue weighted by atomic mass is 10.0. The van der Waals surface area contributed by atoms with Gasteiger partial charge in [0.15, 0.2) is 10.8 Å². The molecule has 2 aliphatic rings. The molecule has 1 aromatic rings. The number of aromatic nitrogens is 1. The van der Waals surface area contributed by atoms with Gasteiger partial charge in [-0.15, -0.1) is 23.1 Å². The highest BCUT2D eigenvalue weighted by Gasteiger charge is 2.54. The molecule has 34 heavy (non-hydrogen) atoms. The topological polar surface area (TPSA) is 197 Å². The fraction of sp³-hybridized carbons (Fsp3) is 0.368. The number of carboxylic acids is 1. The highest BCUT2D eigenvalue weighted by atomic mass is 32.2. The van der Waals surface area contributed by atoms with Crippen LogP contribution in [-0.2, 0) is 19.1 Å². The number of oxime groups is 1. The van der Waals surface area contributed by atoms with Crippen LogP contribution in [-0.4, -0.2) is 79.6 Å². The molecule has 0 bridgehead atoms. The van der Waals surface area contributed by atoms with E-state index in [1.54, 1.807) is 13.8 Å². The third kappa shape index (κ3) is 5.31. The minimum Gasteiger partial charge on any atom is -0.477 e. The van der Waals surface area contributed by atoms with Crippen molar-refractivity contribution < 1.29 is 34.2 Å². The van der Waals surface area contributed by atoms with Crippen molar-refractivity contribution >= 4 is 57.8 Å². The van der Waals surface area contributed by atoms with Crippen LogP contribution in [0.25, 0.3) is 0 Å². The summed E-state index contributed by atoms with van der Waals surface area (Å²) in [5, 5.41) is 27.8. The fourth-order valence-electron chi connectivity index (χ4n) is 3.18. The first-order valence-electron chi connectivity index (χ1n) is 9.89. The smallest absolute Gasteiger partial charge is 0.407 e. The Kier molecular flexibility index (Phi) is 7.78. The molecule has 3 rings (SSSR count). The predicted molar refractivity (Wildman–Crippen MR) is 123 cm³/mol. The Labute approximate surface area is 201 Å². The van der Waals surface area contributed by atoms with Crippen molar-refractivity contribution in [2.75, 3.05) is 18.1 Å². The summed E-state index contributed by atoms with van der Waals surface area (Å²) < 4.78 is 4.97. The van der Waals surface area contributed by atoms with Gasteiger partial charge < -0.3 is 31.4 Å². The number of nitrogens with one attached hydrogen (secondary N) is 2. The Bertz CT molecular complexity index is 1100. The van der Waals surface area contributed by atoms with Gasteiger partial charge in [0.05, 0.1) is 0 Å². The number of thiazole rings is 1. The van der Waals surface area contributed by atoms with Gasteiger partial charge >= 0.3 is 12.1 Å². The number of nitrogen functional groups attached to an aromatic ring is 1. The van der Waals surface area contributed by atoms with E-state index in [0.717, 1.165) is 16.2 Å². The zero-order chi connectivity index (χ0) is 25.0. The fourth-order valence-corrected chi connectivity index (χ4v) is 5.05. The van der Waals surface area contributed by atoms with Gasteiger partial charge in [0.1, 0.15) is 29.4 Å². The lowest BCUT2D eigenvalue weighted by Crippen LogP contribution is -2.71. The van der Waals surface area contributed by atoms with Gasteiger partial charge in [0.2, 0.25) is 0 Å². The molecule has 2 atom stereocenters. The third-order valence-electron chi connectivity index (χ3n) is 4.60. The number of nitrogens with zero attached hydrogens (tertiary/aromatic N) is 3. The Balaban J connectivity index is 1.68. The first-order valence-corrected chi connectivity index (χ1v) is 11.8. The SMILES string of the molecule is CC(C)NC(=O)OC/C=C\C1=C(C(=O)O)N2C(=O)[C@@H](NC(=O)/C(=N\O)c3csc(N)n3)[C@H]2SC1. The van der Waals surface area contributed by atoms with Gasteiger partial charge in [0, 0.05) is 17.2 Å². The molecule has 0 aliphatic carbocycles. The van der Waals surface area contributed by atoms with Gasteiger partial charge in [-0.05, 0) is 25.5 Å². The van der Waals surface area contributed by atoms with Crippen molar-refractivity contribution in [2.24, 2.45) is 5.16 Å². The number of carbonyl (C=O) groups is 4. The van der Waals surface area contributed by atoms with Crippen LogP contribution < -0.4 is 16.4 Å². The van der Waals surface area contributed by atoms with Crippen molar-refractivity contribution in [1.29, 1.82) is 0 Å². The molecular weight excluding hydrogens is 488 g/mol. The van der Waals surface area contributed by atoms with E-state index in [-0.39, 0.29) is 34.9 Å². The zero-order valence-corrected chi connectivity index (χ0v) is 19.7. The number of alkyl carbamates (subject to hydrolysis) is 1. The van der Waals surface area contributed by atoms with Gasteiger partial charge in [0.25, 0.3) is 11.8 Å². The molecule has 0 aromatic carbocycles. The number of allylic oxidation sites excluding steroid dienone is 1. The summed E-state index contributed by atoms with van der Waals surface area (Å²) in [6, 6.07) is -1.11. The molecule has 0 radical (unpaired) electrons. The first-order chi connectivity index (χ1) is 16.1. The molecule has 13 nitrogen and oxygen atoms in total. The summed E-state index contributed by atoms with van der Waals surface area (Å²) in [6.07, 6.45) is 2.36. The van der Waals surface area contributed by atoms with E-state index in [1.807, 2.05) is 0 Å². The van der Waals surface area contributed by atoms with Gasteiger partial charge in [-0.3, -0.25) is 14.5 Å². The number of nitrogens with two attached hydrogens (primary N) is 1. The molecule has 0 unspecified atom stereocenters. The van der Waals surface area contributed by atoms with E-state index in [4.69, 9.17) is 10.5 Å². The Morgan fingerprint density at radius 2 is 2.18 bits per heavy atom. The second-order valence-electron chi connectivity index (χ2n) is 7.36. The molecule has 15 heteroatoms. The maximum absolute atomic E-state index is 12.7. The van der Waals surface area contributed by atoms with Crippen LogP contribution in [0, 0.1) is 0 Å². The number of ether oxygens (including phenoxy) is 1. The summed E-state index contributed by atoms with van der Waals surface area (Å²) in [5.74, 6) is -2.55. The molecule has 0 saturated carbocycles.